The zero-order chi connectivity index (χ0) is 22.1. The maximum Gasteiger partial charge on any atom is 0.337 e. The number of aromatic carboxylic acids is 1. The first-order chi connectivity index (χ1) is 15.1. The van der Waals surface area contributed by atoms with Crippen LogP contribution >= 0.6 is 0 Å². The third-order valence-corrected chi connectivity index (χ3v) is 4.49. The first kappa shape index (κ1) is 21.6. The minimum absolute atomic E-state index is 0.0357. The van der Waals surface area contributed by atoms with Crippen LogP contribution in [0.2, 0.25) is 0 Å². The molecule has 0 unspecified atom stereocenters. The molecule has 7 nitrogen and oxygen atoms in total. The number of amides is 1. The molecule has 31 heavy (non-hydrogen) atoms. The maximum atomic E-state index is 12.9. The molecule has 1 amide bonds. The van der Waals surface area contributed by atoms with Gasteiger partial charge in [-0.1, -0.05) is 47.6 Å². The fraction of sp³-hybridized carbons (Fsp3) is 0.125. The number of hydrogen-bond acceptors (Lipinski definition) is 5. The number of anilines is 1. The Bertz CT molecular complexity index is 1050. The Kier molecular flexibility index (Phi) is 7.37. The second kappa shape index (κ2) is 10.6. The molecule has 158 valence electrons. The predicted octanol–water partition coefficient (Wildman–Crippen LogP) is 3.98. The number of hydrogen-bond donors (Lipinski definition) is 1. The molecule has 0 aliphatic carbocycles. The lowest BCUT2D eigenvalue weighted by Crippen LogP contribution is -2.34. The molecular formula is C24H22N2O5. The van der Waals surface area contributed by atoms with E-state index < -0.39 is 11.9 Å². The van der Waals surface area contributed by atoms with Gasteiger partial charge in [-0.3, -0.25) is 4.79 Å². The summed E-state index contributed by atoms with van der Waals surface area (Å²) >= 11 is 0. The SMILES string of the molecule is COc1ccc(/C=N\OCC(=O)N(Cc2ccccc2)c2ccccc2C(=O)O)cc1. The largest absolute Gasteiger partial charge is 0.497 e. The number of rotatable bonds is 9. The number of methoxy groups -OCH3 is 1. The number of benzene rings is 3. The van der Waals surface area contributed by atoms with Gasteiger partial charge in [0.05, 0.1) is 31.1 Å². The van der Waals surface area contributed by atoms with Crippen molar-refractivity contribution in [1.29, 1.82) is 0 Å². The van der Waals surface area contributed by atoms with E-state index in [-0.39, 0.29) is 18.7 Å². The Morgan fingerprint density at radius 3 is 2.32 bits per heavy atom. The van der Waals surface area contributed by atoms with Gasteiger partial charge in [-0.2, -0.15) is 0 Å². The lowest BCUT2D eigenvalue weighted by Gasteiger charge is -2.24. The van der Waals surface area contributed by atoms with Gasteiger partial charge in [0.1, 0.15) is 5.75 Å². The summed E-state index contributed by atoms with van der Waals surface area (Å²) in [5.74, 6) is -0.800. The highest BCUT2D eigenvalue weighted by Gasteiger charge is 2.22. The van der Waals surface area contributed by atoms with Crippen LogP contribution < -0.4 is 9.64 Å². The van der Waals surface area contributed by atoms with Crippen LogP contribution in [0.3, 0.4) is 0 Å². The predicted molar refractivity (Wildman–Crippen MR) is 118 cm³/mol. The van der Waals surface area contributed by atoms with Gasteiger partial charge in [-0.05, 0) is 47.5 Å². The minimum atomic E-state index is -1.11. The molecule has 0 fully saturated rings. The highest BCUT2D eigenvalue weighted by molar-refractivity contribution is 6.02. The molecule has 0 saturated carbocycles. The monoisotopic (exact) mass is 418 g/mol. The Balaban J connectivity index is 1.74. The fourth-order valence-electron chi connectivity index (χ4n) is 2.92. The van der Waals surface area contributed by atoms with E-state index >= 15 is 0 Å². The molecule has 0 spiro atoms. The van der Waals surface area contributed by atoms with E-state index in [0.29, 0.717) is 5.69 Å². The molecule has 0 aromatic heterocycles. The van der Waals surface area contributed by atoms with Gasteiger partial charge >= 0.3 is 5.97 Å². The summed E-state index contributed by atoms with van der Waals surface area (Å²) in [5, 5.41) is 13.4. The van der Waals surface area contributed by atoms with Gasteiger partial charge in [0.25, 0.3) is 5.91 Å². The molecule has 7 heteroatoms. The lowest BCUT2D eigenvalue weighted by atomic mass is 10.1. The molecule has 3 rings (SSSR count). The summed E-state index contributed by atoms with van der Waals surface area (Å²) < 4.78 is 5.10. The lowest BCUT2D eigenvalue weighted by molar-refractivity contribution is -0.123. The average molecular weight is 418 g/mol. The summed E-state index contributed by atoms with van der Waals surface area (Å²) in [6.45, 7) is -0.136. The Labute approximate surface area is 180 Å². The Hall–Kier alpha value is -4.13. The molecule has 0 atom stereocenters. The molecule has 3 aromatic rings. The van der Waals surface area contributed by atoms with Crippen LogP contribution in [-0.2, 0) is 16.2 Å². The maximum absolute atomic E-state index is 12.9. The molecular weight excluding hydrogens is 396 g/mol. The van der Waals surface area contributed by atoms with Crippen LogP contribution in [-0.4, -0.2) is 36.9 Å². The number of para-hydroxylation sites is 1. The van der Waals surface area contributed by atoms with E-state index in [4.69, 9.17) is 9.57 Å². The van der Waals surface area contributed by atoms with Gasteiger partial charge in [0, 0.05) is 0 Å². The van der Waals surface area contributed by atoms with E-state index in [2.05, 4.69) is 5.16 Å². The van der Waals surface area contributed by atoms with Crippen LogP contribution in [0.5, 0.6) is 5.75 Å². The van der Waals surface area contributed by atoms with E-state index in [1.165, 1.54) is 17.2 Å². The number of oxime groups is 1. The van der Waals surface area contributed by atoms with Crippen LogP contribution in [0.25, 0.3) is 0 Å². The minimum Gasteiger partial charge on any atom is -0.497 e. The van der Waals surface area contributed by atoms with Crippen LogP contribution in [0.15, 0.2) is 84.0 Å². The molecule has 0 aliphatic rings. The third kappa shape index (κ3) is 5.93. The standard InChI is InChI=1S/C24H22N2O5/c1-30-20-13-11-18(12-14-20)15-25-31-17-23(27)26(16-19-7-3-2-4-8-19)22-10-6-5-9-21(22)24(28)29/h2-15H,16-17H2,1H3,(H,28,29)/b25-15-. The smallest absolute Gasteiger partial charge is 0.337 e. The molecule has 0 aliphatic heterocycles. The zero-order valence-corrected chi connectivity index (χ0v) is 17.0. The highest BCUT2D eigenvalue weighted by Crippen LogP contribution is 2.23. The van der Waals surface area contributed by atoms with Crippen molar-refractivity contribution in [2.24, 2.45) is 5.16 Å². The topological polar surface area (TPSA) is 88.4 Å². The molecule has 0 bridgehead atoms. The van der Waals surface area contributed by atoms with Crippen molar-refractivity contribution in [3.63, 3.8) is 0 Å². The average Bonchev–Trinajstić information content (AvgIpc) is 2.81. The number of carboxylic acids is 1. The van der Waals surface area contributed by atoms with Crippen LogP contribution in [0.4, 0.5) is 5.69 Å². The summed E-state index contributed by atoms with van der Waals surface area (Å²) in [4.78, 5) is 31.2. The van der Waals surface area contributed by atoms with E-state index in [9.17, 15) is 14.7 Å². The quantitative estimate of drug-likeness (QED) is 0.419. The highest BCUT2D eigenvalue weighted by atomic mass is 16.6. The van der Waals surface area contributed by atoms with Gasteiger partial charge in [-0.15, -0.1) is 0 Å². The van der Waals surface area contributed by atoms with Crippen LogP contribution in [0.1, 0.15) is 21.5 Å². The van der Waals surface area contributed by atoms with Gasteiger partial charge in [0.2, 0.25) is 0 Å². The number of carboxylic acid groups (broad SMARTS) is 1. The summed E-state index contributed by atoms with van der Waals surface area (Å²) in [7, 11) is 1.58. The van der Waals surface area contributed by atoms with E-state index in [1.807, 2.05) is 30.3 Å². The third-order valence-electron chi connectivity index (χ3n) is 4.49. The Morgan fingerprint density at radius 2 is 1.65 bits per heavy atom. The number of ether oxygens (including phenoxy) is 1. The van der Waals surface area contributed by atoms with Crippen molar-refractivity contribution in [3.05, 3.63) is 95.6 Å². The molecule has 0 radical (unpaired) electrons. The van der Waals surface area contributed by atoms with Crippen molar-refractivity contribution in [1.82, 2.24) is 0 Å². The zero-order valence-electron chi connectivity index (χ0n) is 17.0. The Morgan fingerprint density at radius 1 is 0.968 bits per heavy atom. The number of carbonyl (C=O) groups excluding carboxylic acids is 1. The molecule has 0 heterocycles. The van der Waals surface area contributed by atoms with E-state index in [1.54, 1.807) is 49.6 Å². The number of carbonyl (C=O) groups is 2. The first-order valence-electron chi connectivity index (χ1n) is 9.54. The normalized spacial score (nSPS) is 10.6. The molecule has 1 N–H and O–H groups in total. The van der Waals surface area contributed by atoms with Gasteiger partial charge in [0.15, 0.2) is 6.61 Å². The van der Waals surface area contributed by atoms with Gasteiger partial charge in [-0.25, -0.2) is 4.79 Å². The fourth-order valence-corrected chi connectivity index (χ4v) is 2.92. The summed E-state index contributed by atoms with van der Waals surface area (Å²) in [6.07, 6.45) is 1.49. The van der Waals surface area contributed by atoms with Crippen LogP contribution in [0, 0.1) is 0 Å². The van der Waals surface area contributed by atoms with Crippen molar-refractivity contribution >= 4 is 23.8 Å². The van der Waals surface area contributed by atoms with Crippen molar-refractivity contribution in [3.8, 4) is 5.75 Å². The molecule has 0 saturated heterocycles. The number of nitrogens with zero attached hydrogens (tertiary/aromatic N) is 2. The van der Waals surface area contributed by atoms with Gasteiger partial charge < -0.3 is 19.6 Å². The van der Waals surface area contributed by atoms with Crippen molar-refractivity contribution < 1.29 is 24.3 Å². The first-order valence-corrected chi connectivity index (χ1v) is 9.54. The molecule has 3 aromatic carbocycles. The summed E-state index contributed by atoms with van der Waals surface area (Å²) in [5.41, 5.74) is 1.98. The second-order valence-corrected chi connectivity index (χ2v) is 6.57. The second-order valence-electron chi connectivity index (χ2n) is 6.57. The van der Waals surface area contributed by atoms with Crippen molar-refractivity contribution in [2.75, 3.05) is 18.6 Å². The van der Waals surface area contributed by atoms with E-state index in [0.717, 1.165) is 16.9 Å². The summed E-state index contributed by atoms with van der Waals surface area (Å²) in [6, 6.07) is 22.9. The van der Waals surface area contributed by atoms with Crippen molar-refractivity contribution in [2.45, 2.75) is 6.54 Å².